The standard InChI is InChI=1S/C28H29N3O4.C26H23F2NO4.C25H25N3O3.C22H17F2N3O4.4H2/c1-19-3-12-24(30-27(33)28(13-14-28)22-8-10-23(34-2)11-9-22)29-25(19)20-4-6-21(7-5-20)26(32)31-15-17-35-18-16-31;1-3-31-20-9-5-17(6-10-20)24-16(2)4-8-19(29-24)15-23(30)25(12-13-25)18-7-11-21-22(14-18)33-26(27,28)32-21;1-16-7-12-21(27-22(16)17-5-4-6-18(15-17)23(29)26-2)28-24(30)25(13-14-25)19-8-10-20(31-3)11-9-19;1-12-2-4-15(27-19(12)13-10-25-20(29)26-11-13)9-18(28)21(6-7-21)14-3-5-16-17(8-14)31-22(23,24)30-16;;;;/h3-12H,13-18H2,1-2H3,(H,29,30,33);4-11,14H,3,12-13,15H2,1-2H3;4-12,15H,13-14H2,1-3H3,(H,26,29)(H,27,28,30);2-5,8,10-11H,6-7,9H2,1H3,(H,25,26,29);4*1H. The highest BCUT2D eigenvalue weighted by Gasteiger charge is 2.56. The number of Topliss-reactive ketones (excluding diaryl/α,β-unsaturated/α-hetero) is 2. The lowest BCUT2D eigenvalue weighted by Gasteiger charge is -2.26. The number of nitrogens with one attached hydrogen (secondary N) is 4. The number of aryl methyl sites for hydroxylation is 4. The fourth-order valence-electron chi connectivity index (χ4n) is 16.4. The number of hydrogen-bond acceptors (Lipinski definition) is 20. The van der Waals surface area contributed by atoms with E-state index < -0.39 is 39.9 Å². The van der Waals surface area contributed by atoms with E-state index >= 15 is 0 Å². The van der Waals surface area contributed by atoms with Crippen molar-refractivity contribution in [3.63, 3.8) is 0 Å². The number of nitrogens with zero attached hydrogens (tertiary/aromatic N) is 6. The predicted molar refractivity (Wildman–Crippen MR) is 485 cm³/mol. The van der Waals surface area contributed by atoms with Crippen molar-refractivity contribution in [2.24, 2.45) is 0 Å². The van der Waals surface area contributed by atoms with E-state index in [1.165, 1.54) is 36.7 Å². The molecule has 7 aliphatic rings. The lowest BCUT2D eigenvalue weighted by Crippen LogP contribution is -2.40. The van der Waals surface area contributed by atoms with E-state index in [0.717, 1.165) is 110 Å². The van der Waals surface area contributed by atoms with Crippen LogP contribution in [0.15, 0.2) is 223 Å². The van der Waals surface area contributed by atoms with E-state index in [2.05, 4.69) is 54.8 Å². The number of aromatic amines is 1. The molecule has 4 aliphatic carbocycles. The van der Waals surface area contributed by atoms with Gasteiger partial charge in [-0.2, -0.15) is 0 Å². The Morgan fingerprint density at radius 1 is 0.454 bits per heavy atom. The number of alkyl halides is 4. The number of ketones is 2. The summed E-state index contributed by atoms with van der Waals surface area (Å²) in [6.45, 7) is 12.7. The molecule has 25 nitrogen and oxygen atoms in total. The Morgan fingerprint density at radius 2 is 0.869 bits per heavy atom. The molecule has 19 rings (SSSR count). The van der Waals surface area contributed by atoms with Crippen LogP contribution in [0.1, 0.15) is 141 Å². The molecule has 0 spiro atoms. The van der Waals surface area contributed by atoms with Gasteiger partial charge in [-0.25, -0.2) is 19.7 Å². The number of rotatable bonds is 24. The molecule has 674 valence electrons. The number of halogens is 4. The van der Waals surface area contributed by atoms with Gasteiger partial charge in [0.1, 0.15) is 40.5 Å². The number of morpholine rings is 1. The first-order valence-corrected chi connectivity index (χ1v) is 42.8. The van der Waals surface area contributed by atoms with Crippen LogP contribution in [0.5, 0.6) is 40.2 Å². The highest BCUT2D eigenvalue weighted by Crippen LogP contribution is 2.56. The van der Waals surface area contributed by atoms with Gasteiger partial charge in [-0.05, 0) is 252 Å². The van der Waals surface area contributed by atoms with Crippen molar-refractivity contribution in [2.75, 3.05) is 64.8 Å². The van der Waals surface area contributed by atoms with Crippen molar-refractivity contribution >= 4 is 46.8 Å². The maximum Gasteiger partial charge on any atom is 0.586 e. The summed E-state index contributed by atoms with van der Waals surface area (Å²) in [5.41, 5.74) is 12.9. The molecule has 29 heteroatoms. The Hall–Kier alpha value is -14.5. The first kappa shape index (κ1) is 88.9. The number of anilines is 2. The van der Waals surface area contributed by atoms with E-state index in [9.17, 15) is 51.1 Å². The van der Waals surface area contributed by atoms with Crippen LogP contribution < -0.4 is 54.8 Å². The van der Waals surface area contributed by atoms with Gasteiger partial charge in [0.05, 0.1) is 78.5 Å². The summed E-state index contributed by atoms with van der Waals surface area (Å²) in [4.78, 5) is 116. The molecule has 7 aromatic carbocycles. The van der Waals surface area contributed by atoms with Crippen molar-refractivity contribution in [1.82, 2.24) is 40.1 Å². The third kappa shape index (κ3) is 19.4. The van der Waals surface area contributed by atoms with Gasteiger partial charge < -0.3 is 63.7 Å². The van der Waals surface area contributed by atoms with Crippen LogP contribution in [0.2, 0.25) is 0 Å². The normalized spacial score (nSPS) is 16.2. The monoisotopic (exact) mass is 1770 g/mol. The number of fused-ring (bicyclic) bond motifs is 2. The number of pyridine rings is 4. The minimum absolute atomic E-state index is 0. The average Bonchev–Trinajstić information content (AvgIpc) is 1.59. The second-order valence-electron chi connectivity index (χ2n) is 33.1. The maximum absolute atomic E-state index is 13.4. The zero-order valence-electron chi connectivity index (χ0n) is 72.7. The van der Waals surface area contributed by atoms with Gasteiger partial charge in [-0.15, -0.1) is 17.6 Å². The van der Waals surface area contributed by atoms with Gasteiger partial charge >= 0.3 is 18.3 Å². The third-order valence-corrected chi connectivity index (χ3v) is 24.5. The fraction of sp³-hybridized carbons (Fsp3) is 0.287. The number of carbonyl (C=O) groups is 6. The maximum atomic E-state index is 13.4. The number of carbonyl (C=O) groups excluding carboxylic acids is 6. The van der Waals surface area contributed by atoms with Crippen molar-refractivity contribution in [2.45, 2.75) is 133 Å². The summed E-state index contributed by atoms with van der Waals surface area (Å²) in [6, 6.07) is 61.9. The number of ether oxygens (including phenoxy) is 8. The molecule has 0 atom stereocenters. The minimum atomic E-state index is -3.69. The van der Waals surface area contributed by atoms with Crippen molar-refractivity contribution < 1.29 is 89.9 Å². The van der Waals surface area contributed by atoms with Crippen LogP contribution in [0, 0.1) is 27.7 Å². The molecular weight excluding hydrogens is 1670 g/mol. The molecule has 4 saturated carbocycles. The van der Waals surface area contributed by atoms with Crippen LogP contribution in [0.25, 0.3) is 45.0 Å². The number of amides is 4. The molecule has 0 bridgehead atoms. The molecule has 0 unspecified atom stereocenters. The quantitative estimate of drug-likeness (QED) is 0.0408. The predicted octanol–water partition coefficient (Wildman–Crippen LogP) is 18.2. The fourth-order valence-corrected chi connectivity index (χ4v) is 16.4. The van der Waals surface area contributed by atoms with Crippen molar-refractivity contribution in [3.05, 3.63) is 296 Å². The number of benzene rings is 7. The Bertz CT molecular complexity index is 6400. The Kier molecular flexibility index (Phi) is 25.1. The summed E-state index contributed by atoms with van der Waals surface area (Å²) < 4.78 is 92.7. The topological polar surface area (TPSA) is 313 Å². The van der Waals surface area contributed by atoms with Gasteiger partial charge in [0, 0.05) is 95.8 Å². The molecule has 4 N–H and O–H groups in total. The van der Waals surface area contributed by atoms with Gasteiger partial charge in [0.25, 0.3) is 11.8 Å². The van der Waals surface area contributed by atoms with E-state index in [1.54, 1.807) is 51.6 Å². The number of H-pyrrole nitrogens is 1. The van der Waals surface area contributed by atoms with Gasteiger partial charge in [-0.1, -0.05) is 84.9 Å². The number of aromatic nitrogens is 6. The SMILES string of the molecule is CCOc1ccc(-c2nc(CC(=O)C3(c4ccc5c(c4)OC(F)(F)O5)CC3)ccc2C)cc1.CNC(=O)c1cccc(-c2nc(NC(=O)C3(c4ccc(OC)cc4)CC3)ccc2C)c1.COc1ccc(C2(C(=O)Nc3ccc(C)c(-c4ccc(C(=O)N5CCOCC5)cc4)n3)CC2)cc1.Cc1ccc(CC(=O)C2(c3ccc4c(c3)OC(F)(F)O4)CC2)nc1-c1cnc(=O)[nH]c1.[HH].[HH].[HH].[HH]. The summed E-state index contributed by atoms with van der Waals surface area (Å²) in [5.74, 6) is 2.91. The van der Waals surface area contributed by atoms with Crippen LogP contribution >= 0.6 is 0 Å². The largest absolute Gasteiger partial charge is 0.586 e. The zero-order valence-corrected chi connectivity index (χ0v) is 72.7. The highest BCUT2D eigenvalue weighted by molar-refractivity contribution is 6.03. The highest BCUT2D eigenvalue weighted by atomic mass is 19.3. The molecule has 8 heterocycles. The molecule has 5 fully saturated rings. The number of methoxy groups -OCH3 is 2. The van der Waals surface area contributed by atoms with E-state index in [-0.39, 0.29) is 76.7 Å². The molecule has 4 amide bonds. The second kappa shape index (κ2) is 36.7. The van der Waals surface area contributed by atoms with E-state index in [4.69, 9.17) is 28.9 Å². The molecule has 0 radical (unpaired) electrons. The van der Waals surface area contributed by atoms with Crippen LogP contribution in [0.4, 0.5) is 29.2 Å². The summed E-state index contributed by atoms with van der Waals surface area (Å²) in [5, 5.41) is 8.66. The van der Waals surface area contributed by atoms with E-state index in [0.29, 0.717) is 115 Å². The zero-order chi connectivity index (χ0) is 91.4. The Morgan fingerprint density at radius 3 is 1.30 bits per heavy atom. The first-order valence-electron chi connectivity index (χ1n) is 42.8. The van der Waals surface area contributed by atoms with Gasteiger partial charge in [0.2, 0.25) is 11.8 Å². The first-order chi connectivity index (χ1) is 62.5. The van der Waals surface area contributed by atoms with E-state index in [1.807, 2.05) is 191 Å². The van der Waals surface area contributed by atoms with Crippen LogP contribution in [-0.4, -0.2) is 137 Å². The average molecular weight is 1770 g/mol. The van der Waals surface area contributed by atoms with Crippen molar-refractivity contribution in [3.8, 4) is 85.3 Å². The molecule has 3 aliphatic heterocycles. The Labute approximate surface area is 752 Å². The van der Waals surface area contributed by atoms with Crippen LogP contribution in [-0.2, 0) is 58.4 Å². The minimum Gasteiger partial charge on any atom is -0.497 e. The summed E-state index contributed by atoms with van der Waals surface area (Å²) in [6.07, 6.45) is 1.66. The lowest BCUT2D eigenvalue weighted by molar-refractivity contribution is -0.287. The molecule has 12 aromatic rings. The third-order valence-electron chi connectivity index (χ3n) is 24.5. The van der Waals surface area contributed by atoms with Gasteiger partial charge in [0.15, 0.2) is 23.0 Å². The molecule has 130 heavy (non-hydrogen) atoms. The second-order valence-corrected chi connectivity index (χ2v) is 33.1. The van der Waals surface area contributed by atoms with Crippen molar-refractivity contribution in [1.29, 1.82) is 0 Å². The summed E-state index contributed by atoms with van der Waals surface area (Å²) in [7, 11) is 4.86. The molecule has 1 saturated heterocycles. The summed E-state index contributed by atoms with van der Waals surface area (Å²) >= 11 is 0. The smallest absolute Gasteiger partial charge is 0.497 e. The molecular formula is C101H102F4N10O15. The Balaban J connectivity index is 0.000000160. The van der Waals surface area contributed by atoms with Gasteiger partial charge in [-0.3, -0.25) is 38.7 Å². The lowest BCUT2D eigenvalue weighted by atomic mass is 9.88. The molecule has 5 aromatic heterocycles. The van der Waals surface area contributed by atoms with Crippen LogP contribution in [0.3, 0.4) is 0 Å². The number of hydrogen-bond donors (Lipinski definition) is 4.